The highest BCUT2D eigenvalue weighted by molar-refractivity contribution is 8.12. The lowest BCUT2D eigenvalue weighted by Crippen LogP contribution is -2.53. The van der Waals surface area contributed by atoms with E-state index in [9.17, 15) is 8.42 Å². The Hall–Kier alpha value is -2.05. The minimum atomic E-state index is -4.01. The predicted octanol–water partition coefficient (Wildman–Crippen LogP) is 5.06. The van der Waals surface area contributed by atoms with Crippen molar-refractivity contribution in [1.82, 2.24) is 0 Å². The van der Waals surface area contributed by atoms with Crippen molar-refractivity contribution in [3.63, 3.8) is 0 Å². The van der Waals surface area contributed by atoms with E-state index >= 15 is 0 Å². The smallest absolute Gasteiger partial charge is 0.342 e. The van der Waals surface area contributed by atoms with E-state index in [0.29, 0.717) is 13.0 Å². The third-order valence-electron chi connectivity index (χ3n) is 6.95. The summed E-state index contributed by atoms with van der Waals surface area (Å²) < 4.78 is 39.4. The molecule has 5 rings (SSSR count). The summed E-state index contributed by atoms with van der Waals surface area (Å²) in [5.41, 5.74) is 2.88. The summed E-state index contributed by atoms with van der Waals surface area (Å²) in [6.07, 6.45) is 6.14. The average molecular weight is 446 g/mol. The van der Waals surface area contributed by atoms with Gasteiger partial charge < -0.3 is 9.47 Å². The van der Waals surface area contributed by atoms with Crippen LogP contribution in [0.4, 0.5) is 0 Å². The molecule has 1 saturated heterocycles. The fraction of sp³-hybridized carbons (Fsp3) is 0.435. The van der Waals surface area contributed by atoms with E-state index in [4.69, 9.17) is 20.2 Å². The molecule has 2 fully saturated rings. The molecule has 2 atom stereocenters. The molecule has 0 bridgehead atoms. The minimum absolute atomic E-state index is 0.246. The average Bonchev–Trinajstić information content (AvgIpc) is 3.06. The highest BCUT2D eigenvalue weighted by Crippen LogP contribution is 2.61. The Balaban J connectivity index is 1.54. The topological polar surface area (TPSA) is 65.0 Å². The summed E-state index contributed by atoms with van der Waals surface area (Å²) in [5.74, 6) is 1.15. The van der Waals surface area contributed by atoms with Gasteiger partial charge >= 0.3 is 9.24 Å². The lowest BCUT2D eigenvalue weighted by atomic mass is 9.54. The van der Waals surface area contributed by atoms with Crippen LogP contribution in [-0.2, 0) is 32.4 Å². The van der Waals surface area contributed by atoms with Gasteiger partial charge in [-0.3, -0.25) is 0 Å². The zero-order valence-electron chi connectivity index (χ0n) is 16.6. The van der Waals surface area contributed by atoms with Crippen molar-refractivity contribution < 1.29 is 17.9 Å². The SMILES string of the molecule is O=S(=O)(Cl)/N=C1/CC23CCCCC2(CCc2c(OCc4ccccc4)cccc23)O1. The van der Waals surface area contributed by atoms with Gasteiger partial charge in [-0.2, -0.15) is 8.42 Å². The zero-order chi connectivity index (χ0) is 20.8. The number of halogens is 1. The van der Waals surface area contributed by atoms with Crippen LogP contribution >= 0.6 is 10.7 Å². The van der Waals surface area contributed by atoms with E-state index in [1.165, 1.54) is 11.1 Å². The summed E-state index contributed by atoms with van der Waals surface area (Å²) in [7, 11) is 1.40. The van der Waals surface area contributed by atoms with Gasteiger partial charge in [0, 0.05) is 22.5 Å². The molecule has 7 heteroatoms. The molecule has 0 spiro atoms. The zero-order valence-corrected chi connectivity index (χ0v) is 18.2. The van der Waals surface area contributed by atoms with Crippen molar-refractivity contribution in [3.8, 4) is 5.75 Å². The number of ether oxygens (including phenoxy) is 2. The molecule has 0 N–H and O–H groups in total. The van der Waals surface area contributed by atoms with Gasteiger partial charge in [0.25, 0.3) is 0 Å². The molecule has 2 aromatic rings. The van der Waals surface area contributed by atoms with Crippen LogP contribution < -0.4 is 4.74 Å². The normalized spacial score (nSPS) is 28.9. The van der Waals surface area contributed by atoms with Crippen LogP contribution in [0.2, 0.25) is 0 Å². The number of nitrogens with zero attached hydrogens (tertiary/aromatic N) is 1. The Morgan fingerprint density at radius 2 is 1.83 bits per heavy atom. The van der Waals surface area contributed by atoms with Crippen LogP contribution in [0, 0.1) is 0 Å². The van der Waals surface area contributed by atoms with Gasteiger partial charge in [-0.25, -0.2) is 0 Å². The second-order valence-electron chi connectivity index (χ2n) is 8.52. The standard InChI is InChI=1S/C23H24ClNO4S/c24-30(26,27)25-21-15-22-12-4-5-13-23(22,29-21)14-11-18-19(22)9-6-10-20(18)28-16-17-7-2-1-3-8-17/h1-3,6-10H,4-5,11-16H2/b25-21-. The first kappa shape index (κ1) is 19.9. The highest BCUT2D eigenvalue weighted by atomic mass is 35.7. The van der Waals surface area contributed by atoms with Crippen molar-refractivity contribution in [2.75, 3.05) is 0 Å². The maximum Gasteiger partial charge on any atom is 0.342 e. The first-order valence-corrected chi connectivity index (χ1v) is 12.7. The second-order valence-corrected chi connectivity index (χ2v) is 10.7. The van der Waals surface area contributed by atoms with Crippen LogP contribution in [-0.4, -0.2) is 19.9 Å². The summed E-state index contributed by atoms with van der Waals surface area (Å²) in [6.45, 7) is 0.517. The van der Waals surface area contributed by atoms with Gasteiger partial charge in [-0.15, -0.1) is 4.40 Å². The maximum atomic E-state index is 11.6. The number of rotatable bonds is 4. The van der Waals surface area contributed by atoms with Crippen molar-refractivity contribution >= 4 is 25.8 Å². The van der Waals surface area contributed by atoms with Crippen LogP contribution in [0.3, 0.4) is 0 Å². The van der Waals surface area contributed by atoms with Crippen LogP contribution in [0.25, 0.3) is 0 Å². The van der Waals surface area contributed by atoms with E-state index in [0.717, 1.165) is 49.8 Å². The third-order valence-corrected chi connectivity index (χ3v) is 7.58. The first-order valence-electron chi connectivity index (χ1n) is 10.4. The van der Waals surface area contributed by atoms with Gasteiger partial charge in [0.2, 0.25) is 5.90 Å². The third kappa shape index (κ3) is 3.30. The fourth-order valence-electron chi connectivity index (χ4n) is 5.75. The largest absolute Gasteiger partial charge is 0.489 e. The van der Waals surface area contributed by atoms with Crippen LogP contribution in [0.15, 0.2) is 52.9 Å². The summed E-state index contributed by atoms with van der Waals surface area (Å²) >= 11 is 0. The van der Waals surface area contributed by atoms with E-state index in [1.807, 2.05) is 30.3 Å². The summed E-state index contributed by atoms with van der Waals surface area (Å²) in [4.78, 5) is 0. The van der Waals surface area contributed by atoms with Crippen LogP contribution in [0.5, 0.6) is 5.75 Å². The molecule has 3 aliphatic rings. The Labute approximate surface area is 181 Å². The molecule has 158 valence electrons. The number of hydrogen-bond donors (Lipinski definition) is 0. The van der Waals surface area contributed by atoms with Crippen molar-refractivity contribution in [1.29, 1.82) is 0 Å². The lowest BCUT2D eigenvalue weighted by Gasteiger charge is -2.51. The molecule has 1 heterocycles. The molecule has 1 aliphatic heterocycles. The molecule has 0 radical (unpaired) electrons. The molecule has 5 nitrogen and oxygen atoms in total. The molecular formula is C23H24ClNO4S. The van der Waals surface area contributed by atoms with Crippen LogP contribution in [0.1, 0.15) is 55.2 Å². The quantitative estimate of drug-likeness (QED) is 0.616. The van der Waals surface area contributed by atoms with Crippen molar-refractivity contribution in [3.05, 3.63) is 65.2 Å². The second kappa shape index (κ2) is 7.27. The highest BCUT2D eigenvalue weighted by Gasteiger charge is 2.63. The monoisotopic (exact) mass is 445 g/mol. The Morgan fingerprint density at radius 3 is 2.63 bits per heavy atom. The van der Waals surface area contributed by atoms with E-state index < -0.39 is 14.8 Å². The van der Waals surface area contributed by atoms with Gasteiger partial charge in [0.15, 0.2) is 0 Å². The first-order chi connectivity index (χ1) is 14.4. The minimum Gasteiger partial charge on any atom is -0.489 e. The van der Waals surface area contributed by atoms with E-state index in [2.05, 4.69) is 22.6 Å². The Morgan fingerprint density at radius 1 is 1.03 bits per heavy atom. The maximum absolute atomic E-state index is 11.6. The molecule has 0 amide bonds. The Kier molecular flexibility index (Phi) is 4.82. The van der Waals surface area contributed by atoms with E-state index in [1.54, 1.807) is 0 Å². The van der Waals surface area contributed by atoms with Gasteiger partial charge in [-0.05, 0) is 54.9 Å². The Bertz CT molecular complexity index is 1100. The molecule has 30 heavy (non-hydrogen) atoms. The molecule has 2 aliphatic carbocycles. The predicted molar refractivity (Wildman–Crippen MR) is 116 cm³/mol. The number of hydrogen-bond acceptors (Lipinski definition) is 4. The van der Waals surface area contributed by atoms with Gasteiger partial charge in [0.05, 0.1) is 0 Å². The van der Waals surface area contributed by atoms with Gasteiger partial charge in [0.1, 0.15) is 18.0 Å². The number of benzene rings is 2. The van der Waals surface area contributed by atoms with Gasteiger partial charge in [-0.1, -0.05) is 48.9 Å². The molecule has 0 aromatic heterocycles. The van der Waals surface area contributed by atoms with Crippen molar-refractivity contribution in [2.24, 2.45) is 4.40 Å². The molecule has 2 unspecified atom stereocenters. The molecule has 2 aromatic carbocycles. The van der Waals surface area contributed by atoms with Crippen molar-refractivity contribution in [2.45, 2.75) is 62.6 Å². The van der Waals surface area contributed by atoms with E-state index in [-0.39, 0.29) is 11.3 Å². The molecule has 1 saturated carbocycles. The fourth-order valence-corrected chi connectivity index (χ4v) is 6.33. The number of fused-ring (bicyclic) bond motifs is 1. The summed E-state index contributed by atoms with van der Waals surface area (Å²) in [6, 6.07) is 16.3. The molecular weight excluding hydrogens is 422 g/mol. The lowest BCUT2D eigenvalue weighted by molar-refractivity contribution is -0.0328. The summed E-state index contributed by atoms with van der Waals surface area (Å²) in [5, 5.41) is 0.